The summed E-state index contributed by atoms with van der Waals surface area (Å²) in [5.74, 6) is 0.277. The average molecular weight is 371 g/mol. The zero-order valence-electron chi connectivity index (χ0n) is 15.2. The normalized spacial score (nSPS) is 11.5. The first-order valence-electron chi connectivity index (χ1n) is 8.22. The number of methoxy groups -OCH3 is 1. The zero-order valence-corrected chi connectivity index (χ0v) is 16.0. The van der Waals surface area contributed by atoms with Gasteiger partial charge in [0.1, 0.15) is 11.3 Å². The molecule has 0 aliphatic carbocycles. The van der Waals surface area contributed by atoms with Crippen LogP contribution in [-0.4, -0.2) is 22.4 Å². The lowest BCUT2D eigenvalue weighted by Crippen LogP contribution is -2.32. The van der Waals surface area contributed by atoms with E-state index in [0.717, 1.165) is 11.3 Å². The van der Waals surface area contributed by atoms with Crippen LogP contribution >= 0.6 is 11.3 Å². The van der Waals surface area contributed by atoms with Gasteiger partial charge in [-0.3, -0.25) is 14.0 Å². The van der Waals surface area contributed by atoms with E-state index in [2.05, 4.69) is 10.3 Å². The minimum absolute atomic E-state index is 0.0364. The quantitative estimate of drug-likeness (QED) is 0.765. The molecule has 1 aromatic carbocycles. The molecule has 2 aromatic heterocycles. The highest BCUT2D eigenvalue weighted by Crippen LogP contribution is 2.25. The standard InChI is InChI=1S/C19H21N3O3S/c1-19(2,3)15-11-26-18-21-10-14(17(24)22(15)18)16(23)20-9-12-6-5-7-13(8-12)25-4/h5-8,10-11H,9H2,1-4H3,(H,20,23). The molecule has 0 spiro atoms. The Labute approximate surface area is 155 Å². The predicted octanol–water partition coefficient (Wildman–Crippen LogP) is 2.99. The molecule has 0 bridgehead atoms. The molecule has 136 valence electrons. The van der Waals surface area contributed by atoms with Crippen LogP contribution in [0.2, 0.25) is 0 Å². The molecule has 0 atom stereocenters. The number of nitrogens with one attached hydrogen (secondary N) is 1. The van der Waals surface area contributed by atoms with Gasteiger partial charge in [-0.05, 0) is 17.7 Å². The molecular formula is C19H21N3O3S. The molecule has 7 heteroatoms. The molecule has 0 saturated heterocycles. The molecule has 1 amide bonds. The number of nitrogens with zero attached hydrogens (tertiary/aromatic N) is 2. The Morgan fingerprint density at radius 3 is 2.81 bits per heavy atom. The Bertz CT molecular complexity index is 1010. The highest BCUT2D eigenvalue weighted by molar-refractivity contribution is 7.15. The largest absolute Gasteiger partial charge is 0.497 e. The maximum absolute atomic E-state index is 12.9. The van der Waals surface area contributed by atoms with Crippen molar-refractivity contribution >= 4 is 22.2 Å². The van der Waals surface area contributed by atoms with Gasteiger partial charge in [-0.1, -0.05) is 32.9 Å². The summed E-state index contributed by atoms with van der Waals surface area (Å²) in [6, 6.07) is 7.41. The minimum Gasteiger partial charge on any atom is -0.497 e. The SMILES string of the molecule is COc1cccc(CNC(=O)c2cnc3scc(C(C)(C)C)n3c2=O)c1. The number of rotatable bonds is 4. The van der Waals surface area contributed by atoms with Crippen molar-refractivity contribution in [3.05, 3.63) is 63.0 Å². The van der Waals surface area contributed by atoms with E-state index in [4.69, 9.17) is 4.74 Å². The molecule has 0 aliphatic rings. The highest BCUT2D eigenvalue weighted by atomic mass is 32.1. The molecule has 0 radical (unpaired) electrons. The Hall–Kier alpha value is -2.67. The summed E-state index contributed by atoms with van der Waals surface area (Å²) < 4.78 is 6.71. The van der Waals surface area contributed by atoms with Crippen LogP contribution in [0.4, 0.5) is 0 Å². The zero-order chi connectivity index (χ0) is 18.9. The van der Waals surface area contributed by atoms with Gasteiger partial charge in [-0.25, -0.2) is 4.98 Å². The second-order valence-electron chi connectivity index (χ2n) is 7.00. The van der Waals surface area contributed by atoms with E-state index in [1.165, 1.54) is 21.9 Å². The fraction of sp³-hybridized carbons (Fsp3) is 0.316. The molecule has 0 fully saturated rings. The van der Waals surface area contributed by atoms with E-state index >= 15 is 0 Å². The molecule has 0 aliphatic heterocycles. The van der Waals surface area contributed by atoms with Crippen LogP contribution in [-0.2, 0) is 12.0 Å². The first kappa shape index (κ1) is 18.1. The Balaban J connectivity index is 1.89. The summed E-state index contributed by atoms with van der Waals surface area (Å²) in [7, 11) is 1.59. The number of aromatic nitrogens is 2. The fourth-order valence-electron chi connectivity index (χ4n) is 2.62. The van der Waals surface area contributed by atoms with E-state index in [1.54, 1.807) is 7.11 Å². The number of thiazole rings is 1. The summed E-state index contributed by atoms with van der Waals surface area (Å²) in [4.78, 5) is 30.3. The molecule has 1 N–H and O–H groups in total. The molecule has 0 unspecified atom stereocenters. The van der Waals surface area contributed by atoms with Crippen LogP contribution < -0.4 is 15.6 Å². The molecule has 3 rings (SSSR count). The molecule has 2 heterocycles. The van der Waals surface area contributed by atoms with Crippen molar-refractivity contribution in [2.75, 3.05) is 7.11 Å². The Morgan fingerprint density at radius 1 is 1.35 bits per heavy atom. The van der Waals surface area contributed by atoms with Crippen molar-refractivity contribution in [2.24, 2.45) is 0 Å². The maximum Gasteiger partial charge on any atom is 0.271 e. The van der Waals surface area contributed by atoms with Gasteiger partial charge in [0, 0.05) is 29.2 Å². The van der Waals surface area contributed by atoms with Crippen molar-refractivity contribution in [1.29, 1.82) is 0 Å². The lowest BCUT2D eigenvalue weighted by molar-refractivity contribution is 0.0948. The third-order valence-electron chi connectivity index (χ3n) is 4.05. The van der Waals surface area contributed by atoms with Crippen molar-refractivity contribution in [3.8, 4) is 5.75 Å². The van der Waals surface area contributed by atoms with Crippen LogP contribution in [0.1, 0.15) is 42.4 Å². The molecule has 3 aromatic rings. The third kappa shape index (κ3) is 3.48. The van der Waals surface area contributed by atoms with Gasteiger partial charge in [-0.15, -0.1) is 11.3 Å². The monoisotopic (exact) mass is 371 g/mol. The first-order valence-corrected chi connectivity index (χ1v) is 9.10. The number of benzene rings is 1. The number of carbonyl (C=O) groups is 1. The second kappa shape index (κ2) is 6.92. The average Bonchev–Trinajstić information content (AvgIpc) is 3.05. The van der Waals surface area contributed by atoms with Crippen LogP contribution in [0.3, 0.4) is 0 Å². The van der Waals surface area contributed by atoms with Gasteiger partial charge >= 0.3 is 0 Å². The van der Waals surface area contributed by atoms with Gasteiger partial charge < -0.3 is 10.1 Å². The van der Waals surface area contributed by atoms with Crippen LogP contribution in [0.5, 0.6) is 5.75 Å². The third-order valence-corrected chi connectivity index (χ3v) is 4.89. The van der Waals surface area contributed by atoms with Crippen molar-refractivity contribution < 1.29 is 9.53 Å². The predicted molar refractivity (Wildman–Crippen MR) is 102 cm³/mol. The van der Waals surface area contributed by atoms with E-state index < -0.39 is 5.91 Å². The number of ether oxygens (including phenoxy) is 1. The van der Waals surface area contributed by atoms with E-state index in [0.29, 0.717) is 17.3 Å². The fourth-order valence-corrected chi connectivity index (χ4v) is 3.70. The number of hydrogen-bond donors (Lipinski definition) is 1. The molecular weight excluding hydrogens is 350 g/mol. The van der Waals surface area contributed by atoms with Gasteiger partial charge in [0.05, 0.1) is 7.11 Å². The van der Waals surface area contributed by atoms with Crippen molar-refractivity contribution in [3.63, 3.8) is 0 Å². The van der Waals surface area contributed by atoms with Gasteiger partial charge in [0.25, 0.3) is 11.5 Å². The first-order chi connectivity index (χ1) is 12.3. The Morgan fingerprint density at radius 2 is 2.12 bits per heavy atom. The van der Waals surface area contributed by atoms with Crippen LogP contribution in [0.15, 0.2) is 40.6 Å². The Kier molecular flexibility index (Phi) is 4.82. The molecule has 26 heavy (non-hydrogen) atoms. The maximum atomic E-state index is 12.9. The lowest BCUT2D eigenvalue weighted by atomic mass is 9.93. The summed E-state index contributed by atoms with van der Waals surface area (Å²) in [6.45, 7) is 6.37. The van der Waals surface area contributed by atoms with Gasteiger partial charge in [-0.2, -0.15) is 0 Å². The van der Waals surface area contributed by atoms with Crippen molar-refractivity contribution in [1.82, 2.24) is 14.7 Å². The number of carbonyl (C=O) groups excluding carboxylic acids is 1. The van der Waals surface area contributed by atoms with Crippen molar-refractivity contribution in [2.45, 2.75) is 32.7 Å². The highest BCUT2D eigenvalue weighted by Gasteiger charge is 2.22. The van der Waals surface area contributed by atoms with Gasteiger partial charge in [0.2, 0.25) is 0 Å². The molecule has 0 saturated carbocycles. The smallest absolute Gasteiger partial charge is 0.271 e. The van der Waals surface area contributed by atoms with E-state index in [9.17, 15) is 9.59 Å². The summed E-state index contributed by atoms with van der Waals surface area (Å²) in [5.41, 5.74) is 1.20. The minimum atomic E-state index is -0.439. The topological polar surface area (TPSA) is 72.7 Å². The summed E-state index contributed by atoms with van der Waals surface area (Å²) in [6.07, 6.45) is 1.35. The second-order valence-corrected chi connectivity index (χ2v) is 7.84. The molecule has 6 nitrogen and oxygen atoms in total. The summed E-state index contributed by atoms with van der Waals surface area (Å²) in [5, 5.41) is 4.70. The number of fused-ring (bicyclic) bond motifs is 1. The van der Waals surface area contributed by atoms with Crippen LogP contribution in [0, 0.1) is 0 Å². The number of hydrogen-bond acceptors (Lipinski definition) is 5. The van der Waals surface area contributed by atoms with Crippen LogP contribution in [0.25, 0.3) is 4.96 Å². The van der Waals surface area contributed by atoms with E-state index in [1.807, 2.05) is 50.4 Å². The van der Waals surface area contributed by atoms with Gasteiger partial charge in [0.15, 0.2) is 4.96 Å². The number of amides is 1. The van der Waals surface area contributed by atoms with E-state index in [-0.39, 0.29) is 16.5 Å². The summed E-state index contributed by atoms with van der Waals surface area (Å²) >= 11 is 1.40. The lowest BCUT2D eigenvalue weighted by Gasteiger charge is -2.17.